The molecular formula is C19H27ClN2O2. The Morgan fingerprint density at radius 1 is 1.08 bits per heavy atom. The van der Waals surface area contributed by atoms with Crippen molar-refractivity contribution in [2.24, 2.45) is 5.73 Å². The fourth-order valence-corrected chi connectivity index (χ4v) is 3.07. The maximum absolute atomic E-state index is 10.3. The van der Waals surface area contributed by atoms with Crippen molar-refractivity contribution >= 4 is 28.4 Å². The van der Waals surface area contributed by atoms with Gasteiger partial charge in [-0.15, -0.1) is 0 Å². The van der Waals surface area contributed by atoms with Crippen LogP contribution >= 0.6 is 11.6 Å². The Morgan fingerprint density at radius 2 is 1.75 bits per heavy atom. The second-order valence-corrected chi connectivity index (χ2v) is 6.67. The molecule has 1 saturated heterocycles. The Morgan fingerprint density at radius 3 is 2.25 bits per heavy atom. The molecule has 132 valence electrons. The van der Waals surface area contributed by atoms with Gasteiger partial charge in [0.2, 0.25) is 5.91 Å². The lowest BCUT2D eigenvalue weighted by molar-refractivity contribution is -0.126. The highest BCUT2D eigenvalue weighted by molar-refractivity contribution is 6.31. The smallest absolute Gasteiger partial charge is 0.246 e. The minimum Gasteiger partial charge on any atom is -0.368 e. The highest BCUT2D eigenvalue weighted by Crippen LogP contribution is 2.17. The van der Waals surface area contributed by atoms with E-state index in [-0.39, 0.29) is 12.0 Å². The van der Waals surface area contributed by atoms with Gasteiger partial charge in [0.05, 0.1) is 0 Å². The number of carbonyl (C=O) groups is 1. The number of carbonyl (C=O) groups excluding carboxylic acids is 1. The number of ether oxygens (including phenoxy) is 1. The third kappa shape index (κ3) is 6.54. The van der Waals surface area contributed by atoms with Crippen LogP contribution in [0.1, 0.15) is 51.4 Å². The van der Waals surface area contributed by atoms with E-state index in [1.807, 2.05) is 30.5 Å². The van der Waals surface area contributed by atoms with Crippen LogP contribution in [0.4, 0.5) is 0 Å². The zero-order chi connectivity index (χ0) is 17.2. The standard InChI is InChI=1S/C8H6ClN.C6H12.C5H9NO2/c9-7-1-2-8-6(5-7)3-4-10-8;1-2-4-6-5-3-1;6-5(7)4-2-1-3-8-4/h1-5,10H;1-6H2;4H,1-3H2,(H2,6,7)/t;;4-/m..0/s1. The molecular weight excluding hydrogens is 324 g/mol. The van der Waals surface area contributed by atoms with Crippen LogP contribution in [0.2, 0.25) is 5.02 Å². The minimum atomic E-state index is -0.331. The molecule has 1 saturated carbocycles. The summed E-state index contributed by atoms with van der Waals surface area (Å²) in [7, 11) is 0. The number of nitrogens with one attached hydrogen (secondary N) is 1. The van der Waals surface area contributed by atoms with E-state index >= 15 is 0 Å². The predicted octanol–water partition coefficient (Wildman–Crippen LogP) is 4.81. The minimum absolute atomic E-state index is 0.296. The number of aromatic nitrogens is 1. The monoisotopic (exact) mass is 350 g/mol. The number of primary amides is 1. The van der Waals surface area contributed by atoms with Crippen molar-refractivity contribution < 1.29 is 9.53 Å². The summed E-state index contributed by atoms with van der Waals surface area (Å²) in [5.41, 5.74) is 6.06. The Labute approximate surface area is 148 Å². The Balaban J connectivity index is 0.000000135. The van der Waals surface area contributed by atoms with Crippen LogP contribution in [0.5, 0.6) is 0 Å². The lowest BCUT2D eigenvalue weighted by Crippen LogP contribution is -2.27. The van der Waals surface area contributed by atoms with Crippen molar-refractivity contribution in [1.29, 1.82) is 0 Å². The summed E-state index contributed by atoms with van der Waals surface area (Å²) in [4.78, 5) is 13.4. The van der Waals surface area contributed by atoms with Crippen LogP contribution in [0, 0.1) is 0 Å². The second-order valence-electron chi connectivity index (χ2n) is 6.23. The molecule has 2 aliphatic rings. The molecule has 0 unspecified atom stereocenters. The third-order valence-electron chi connectivity index (χ3n) is 4.26. The number of halogens is 1. The first-order chi connectivity index (χ1) is 11.7. The molecule has 0 spiro atoms. The number of benzene rings is 1. The number of aromatic amines is 1. The second kappa shape index (κ2) is 10.4. The Bertz CT molecular complexity index is 605. The lowest BCUT2D eigenvalue weighted by atomic mass is 10.0. The molecule has 0 bridgehead atoms. The Hall–Kier alpha value is -1.52. The molecule has 1 aromatic carbocycles. The molecule has 0 radical (unpaired) electrons. The number of H-pyrrole nitrogens is 1. The van der Waals surface area contributed by atoms with Gasteiger partial charge in [-0.1, -0.05) is 50.1 Å². The first-order valence-corrected chi connectivity index (χ1v) is 9.18. The molecule has 1 amide bonds. The largest absolute Gasteiger partial charge is 0.368 e. The van der Waals surface area contributed by atoms with Crippen molar-refractivity contribution in [3.8, 4) is 0 Å². The van der Waals surface area contributed by atoms with E-state index in [1.54, 1.807) is 0 Å². The number of fused-ring (bicyclic) bond motifs is 1. The quantitative estimate of drug-likeness (QED) is 0.774. The molecule has 1 aliphatic carbocycles. The summed E-state index contributed by atoms with van der Waals surface area (Å²) < 4.78 is 4.94. The van der Waals surface area contributed by atoms with E-state index in [2.05, 4.69) is 4.98 Å². The van der Waals surface area contributed by atoms with Gasteiger partial charge in [0.15, 0.2) is 0 Å². The van der Waals surface area contributed by atoms with Crippen LogP contribution in [-0.4, -0.2) is 23.6 Å². The fourth-order valence-electron chi connectivity index (χ4n) is 2.89. The van der Waals surface area contributed by atoms with Gasteiger partial charge >= 0.3 is 0 Å². The van der Waals surface area contributed by atoms with Gasteiger partial charge < -0.3 is 15.5 Å². The van der Waals surface area contributed by atoms with Crippen molar-refractivity contribution in [3.05, 3.63) is 35.5 Å². The summed E-state index contributed by atoms with van der Waals surface area (Å²) in [6.45, 7) is 0.688. The highest BCUT2D eigenvalue weighted by atomic mass is 35.5. The van der Waals surface area contributed by atoms with E-state index in [0.29, 0.717) is 6.61 Å². The normalized spacial score (nSPS) is 19.8. The maximum atomic E-state index is 10.3. The SMILES string of the molecule is C1CCCCC1.Clc1ccc2[nH]ccc2c1.NC(=O)[C@@H]1CCCO1. The van der Waals surface area contributed by atoms with Crippen LogP contribution in [0.15, 0.2) is 30.5 Å². The molecule has 5 heteroatoms. The molecule has 1 aromatic heterocycles. The molecule has 3 N–H and O–H groups in total. The first-order valence-electron chi connectivity index (χ1n) is 8.80. The van der Waals surface area contributed by atoms with E-state index in [9.17, 15) is 4.79 Å². The number of hydrogen-bond acceptors (Lipinski definition) is 2. The van der Waals surface area contributed by atoms with Crippen LogP contribution in [0.3, 0.4) is 0 Å². The summed E-state index contributed by atoms with van der Waals surface area (Å²) >= 11 is 5.76. The van der Waals surface area contributed by atoms with Crippen molar-refractivity contribution in [1.82, 2.24) is 4.98 Å². The Kier molecular flexibility index (Phi) is 8.13. The number of nitrogens with two attached hydrogens (primary N) is 1. The average molecular weight is 351 g/mol. The van der Waals surface area contributed by atoms with Crippen LogP contribution in [0.25, 0.3) is 10.9 Å². The van der Waals surface area contributed by atoms with Gasteiger partial charge in [0.1, 0.15) is 6.10 Å². The van der Waals surface area contributed by atoms with Crippen LogP contribution in [-0.2, 0) is 9.53 Å². The molecule has 24 heavy (non-hydrogen) atoms. The zero-order valence-corrected chi connectivity index (χ0v) is 14.9. The molecule has 2 aromatic rings. The van der Waals surface area contributed by atoms with Gasteiger partial charge in [-0.2, -0.15) is 0 Å². The van der Waals surface area contributed by atoms with E-state index < -0.39 is 0 Å². The van der Waals surface area contributed by atoms with Crippen molar-refractivity contribution in [2.75, 3.05) is 6.61 Å². The van der Waals surface area contributed by atoms with E-state index in [4.69, 9.17) is 22.1 Å². The molecule has 4 rings (SSSR count). The molecule has 2 fully saturated rings. The van der Waals surface area contributed by atoms with Gasteiger partial charge in [0.25, 0.3) is 0 Å². The van der Waals surface area contributed by atoms with Gasteiger partial charge in [-0.25, -0.2) is 0 Å². The summed E-state index contributed by atoms with van der Waals surface area (Å²) in [5, 5.41) is 1.94. The zero-order valence-electron chi connectivity index (χ0n) is 14.1. The highest BCUT2D eigenvalue weighted by Gasteiger charge is 2.19. The molecule has 1 aliphatic heterocycles. The van der Waals surface area contributed by atoms with E-state index in [0.717, 1.165) is 28.8 Å². The van der Waals surface area contributed by atoms with Crippen LogP contribution < -0.4 is 5.73 Å². The first kappa shape index (κ1) is 18.8. The molecule has 2 heterocycles. The lowest BCUT2D eigenvalue weighted by Gasteiger charge is -2.05. The van der Waals surface area contributed by atoms with E-state index in [1.165, 1.54) is 38.5 Å². The van der Waals surface area contributed by atoms with Crippen molar-refractivity contribution in [2.45, 2.75) is 57.5 Å². The summed E-state index contributed by atoms with van der Waals surface area (Å²) in [6.07, 6.45) is 12.4. The summed E-state index contributed by atoms with van der Waals surface area (Å²) in [6, 6.07) is 7.78. The molecule has 4 nitrogen and oxygen atoms in total. The number of amides is 1. The topological polar surface area (TPSA) is 68.1 Å². The maximum Gasteiger partial charge on any atom is 0.246 e. The average Bonchev–Trinajstić information content (AvgIpc) is 3.29. The van der Waals surface area contributed by atoms with Gasteiger partial charge in [-0.3, -0.25) is 4.79 Å². The summed E-state index contributed by atoms with van der Waals surface area (Å²) in [5.74, 6) is -0.331. The predicted molar refractivity (Wildman–Crippen MR) is 99.2 cm³/mol. The molecule has 1 atom stereocenters. The third-order valence-corrected chi connectivity index (χ3v) is 4.50. The van der Waals surface area contributed by atoms with Gasteiger partial charge in [-0.05, 0) is 37.1 Å². The number of rotatable bonds is 1. The number of hydrogen-bond donors (Lipinski definition) is 2. The van der Waals surface area contributed by atoms with Gasteiger partial charge in [0, 0.05) is 28.7 Å². The van der Waals surface area contributed by atoms with Crippen molar-refractivity contribution in [3.63, 3.8) is 0 Å². The fraction of sp³-hybridized carbons (Fsp3) is 0.526.